The number of nitrogens with one attached hydrogen (secondary N) is 2. The third-order valence-corrected chi connectivity index (χ3v) is 5.90. The Labute approximate surface area is 227 Å². The van der Waals surface area contributed by atoms with Crippen molar-refractivity contribution < 1.29 is 19.1 Å². The molecule has 0 spiro atoms. The van der Waals surface area contributed by atoms with E-state index in [1.165, 1.54) is 31.4 Å². The molecule has 0 fully saturated rings. The number of rotatable bonds is 8. The van der Waals surface area contributed by atoms with Crippen molar-refractivity contribution in [2.75, 3.05) is 24.4 Å². The lowest BCUT2D eigenvalue weighted by Crippen LogP contribution is -2.20. The van der Waals surface area contributed by atoms with E-state index < -0.39 is 11.8 Å². The SMILES string of the molecule is COc1ccc(NC(=O)/C(C#N)=C\c2cc(Cl)c(OCC(=O)Nc3ccc(Cl)c(Cl)c3)c(Cl)c2)cc1. The highest BCUT2D eigenvalue weighted by Crippen LogP contribution is 2.35. The van der Waals surface area contributed by atoms with Crippen LogP contribution >= 0.6 is 46.4 Å². The average Bonchev–Trinajstić information content (AvgIpc) is 2.84. The summed E-state index contributed by atoms with van der Waals surface area (Å²) in [7, 11) is 1.53. The normalized spacial score (nSPS) is 10.8. The zero-order valence-corrected chi connectivity index (χ0v) is 21.6. The van der Waals surface area contributed by atoms with Crippen molar-refractivity contribution >= 4 is 75.7 Å². The Kier molecular flexibility index (Phi) is 9.45. The summed E-state index contributed by atoms with van der Waals surface area (Å²) in [6.07, 6.45) is 1.33. The fourth-order valence-electron chi connectivity index (χ4n) is 2.90. The van der Waals surface area contributed by atoms with Crippen LogP contribution in [0.15, 0.2) is 60.2 Å². The predicted molar refractivity (Wildman–Crippen MR) is 142 cm³/mol. The number of hydrogen-bond donors (Lipinski definition) is 2. The number of methoxy groups -OCH3 is 1. The van der Waals surface area contributed by atoms with Gasteiger partial charge in [-0.1, -0.05) is 46.4 Å². The maximum absolute atomic E-state index is 12.5. The van der Waals surface area contributed by atoms with E-state index in [2.05, 4.69) is 10.6 Å². The Morgan fingerprint density at radius 1 is 0.889 bits per heavy atom. The molecule has 0 aliphatic rings. The number of amides is 2. The van der Waals surface area contributed by atoms with Gasteiger partial charge in [-0.05, 0) is 66.2 Å². The molecule has 184 valence electrons. The molecule has 3 aromatic carbocycles. The van der Waals surface area contributed by atoms with Gasteiger partial charge in [0.05, 0.1) is 27.2 Å². The van der Waals surface area contributed by atoms with E-state index >= 15 is 0 Å². The number of benzene rings is 3. The van der Waals surface area contributed by atoms with E-state index in [4.69, 9.17) is 55.9 Å². The van der Waals surface area contributed by atoms with Gasteiger partial charge >= 0.3 is 0 Å². The van der Waals surface area contributed by atoms with E-state index in [9.17, 15) is 14.9 Å². The minimum atomic E-state index is -0.616. The van der Waals surface area contributed by atoms with E-state index in [0.717, 1.165) is 0 Å². The van der Waals surface area contributed by atoms with Crippen LogP contribution in [0.4, 0.5) is 11.4 Å². The first kappa shape index (κ1) is 27.2. The highest BCUT2D eigenvalue weighted by molar-refractivity contribution is 6.42. The van der Waals surface area contributed by atoms with Crippen LogP contribution in [0.3, 0.4) is 0 Å². The summed E-state index contributed by atoms with van der Waals surface area (Å²) in [6, 6.07) is 16.0. The molecule has 7 nitrogen and oxygen atoms in total. The van der Waals surface area contributed by atoms with Gasteiger partial charge in [-0.15, -0.1) is 0 Å². The second kappa shape index (κ2) is 12.5. The lowest BCUT2D eigenvalue weighted by molar-refractivity contribution is -0.118. The summed E-state index contributed by atoms with van der Waals surface area (Å²) in [5.41, 5.74) is 1.14. The Bertz CT molecular complexity index is 1350. The molecule has 0 radical (unpaired) electrons. The van der Waals surface area contributed by atoms with E-state index in [1.807, 2.05) is 6.07 Å². The van der Waals surface area contributed by atoms with Crippen LogP contribution in [0.1, 0.15) is 5.56 Å². The summed E-state index contributed by atoms with van der Waals surface area (Å²) < 4.78 is 10.6. The van der Waals surface area contributed by atoms with Crippen molar-refractivity contribution in [3.05, 3.63) is 85.8 Å². The van der Waals surface area contributed by atoms with Gasteiger partial charge in [0.2, 0.25) is 0 Å². The zero-order valence-electron chi connectivity index (χ0n) is 18.6. The van der Waals surface area contributed by atoms with Crippen LogP contribution in [-0.2, 0) is 9.59 Å². The smallest absolute Gasteiger partial charge is 0.266 e. The fraction of sp³-hybridized carbons (Fsp3) is 0.0800. The maximum atomic E-state index is 12.5. The molecule has 2 amide bonds. The molecule has 0 bridgehead atoms. The van der Waals surface area contributed by atoms with Gasteiger partial charge in [0, 0.05) is 11.4 Å². The van der Waals surface area contributed by atoms with Gasteiger partial charge in [0.15, 0.2) is 12.4 Å². The molecule has 3 aromatic rings. The number of hydrogen-bond acceptors (Lipinski definition) is 5. The van der Waals surface area contributed by atoms with Crippen molar-refractivity contribution in [3.8, 4) is 17.6 Å². The van der Waals surface area contributed by atoms with Gasteiger partial charge in [0.1, 0.15) is 17.4 Å². The summed E-state index contributed by atoms with van der Waals surface area (Å²) in [6.45, 7) is -0.386. The van der Waals surface area contributed by atoms with Crippen LogP contribution in [0.2, 0.25) is 20.1 Å². The van der Waals surface area contributed by atoms with Crippen molar-refractivity contribution in [3.63, 3.8) is 0 Å². The minimum absolute atomic E-state index is 0.0703. The number of ether oxygens (including phenoxy) is 2. The van der Waals surface area contributed by atoms with Crippen molar-refractivity contribution in [2.45, 2.75) is 0 Å². The number of anilines is 2. The number of carbonyl (C=O) groups excluding carboxylic acids is 2. The van der Waals surface area contributed by atoms with Gasteiger partial charge in [0.25, 0.3) is 11.8 Å². The Morgan fingerprint density at radius 3 is 2.11 bits per heavy atom. The Morgan fingerprint density at radius 2 is 1.53 bits per heavy atom. The molecule has 3 rings (SSSR count). The standard InChI is InChI=1S/C25H17Cl4N3O4/c1-35-18-5-2-16(3-6-18)32-25(34)15(12-30)8-14-9-21(28)24(22(29)10-14)36-13-23(33)31-17-4-7-19(26)20(27)11-17/h2-11H,13H2,1H3,(H,31,33)(H,32,34)/b15-8-. The molecular formula is C25H17Cl4N3O4. The molecule has 36 heavy (non-hydrogen) atoms. The Balaban J connectivity index is 1.68. The number of halogens is 4. The lowest BCUT2D eigenvalue weighted by Gasteiger charge is -2.12. The van der Waals surface area contributed by atoms with Crippen LogP contribution < -0.4 is 20.1 Å². The molecule has 0 aromatic heterocycles. The highest BCUT2D eigenvalue weighted by Gasteiger charge is 2.15. The first-order valence-electron chi connectivity index (χ1n) is 10.1. The van der Waals surface area contributed by atoms with Crippen LogP contribution in [0, 0.1) is 11.3 Å². The van der Waals surface area contributed by atoms with Crippen molar-refractivity contribution in [1.82, 2.24) is 0 Å². The number of nitrogens with zero attached hydrogens (tertiary/aromatic N) is 1. The van der Waals surface area contributed by atoms with Crippen molar-refractivity contribution in [2.24, 2.45) is 0 Å². The third-order valence-electron chi connectivity index (χ3n) is 4.60. The summed E-state index contributed by atoms with van der Waals surface area (Å²) in [4.78, 5) is 24.7. The second-order valence-electron chi connectivity index (χ2n) is 7.13. The third kappa shape index (κ3) is 7.30. The molecule has 0 unspecified atom stereocenters. The molecule has 0 saturated carbocycles. The van der Waals surface area contributed by atoms with Gasteiger partial charge < -0.3 is 20.1 Å². The predicted octanol–water partition coefficient (Wildman–Crippen LogP) is 6.87. The molecule has 0 saturated heterocycles. The monoisotopic (exact) mass is 563 g/mol. The van der Waals surface area contributed by atoms with Crippen LogP contribution in [0.25, 0.3) is 6.08 Å². The molecule has 0 aliphatic heterocycles. The Hall–Kier alpha value is -3.41. The molecule has 11 heteroatoms. The first-order valence-corrected chi connectivity index (χ1v) is 11.6. The molecule has 0 heterocycles. The summed E-state index contributed by atoms with van der Waals surface area (Å²) in [5, 5.41) is 15.5. The number of carbonyl (C=O) groups is 2. The molecule has 0 aliphatic carbocycles. The van der Waals surface area contributed by atoms with E-state index in [0.29, 0.717) is 32.7 Å². The zero-order chi connectivity index (χ0) is 26.2. The summed E-state index contributed by atoms with van der Waals surface area (Å²) in [5.74, 6) is -0.399. The van der Waals surface area contributed by atoms with Gasteiger partial charge in [-0.2, -0.15) is 5.26 Å². The molecule has 0 atom stereocenters. The first-order chi connectivity index (χ1) is 17.2. The summed E-state index contributed by atoms with van der Waals surface area (Å²) >= 11 is 24.4. The number of nitriles is 1. The minimum Gasteiger partial charge on any atom is -0.497 e. The fourth-order valence-corrected chi connectivity index (χ4v) is 3.81. The maximum Gasteiger partial charge on any atom is 0.266 e. The highest BCUT2D eigenvalue weighted by atomic mass is 35.5. The largest absolute Gasteiger partial charge is 0.497 e. The van der Waals surface area contributed by atoms with E-state index in [-0.39, 0.29) is 28.0 Å². The second-order valence-corrected chi connectivity index (χ2v) is 8.76. The quantitative estimate of drug-likeness (QED) is 0.229. The van der Waals surface area contributed by atoms with E-state index in [1.54, 1.807) is 36.4 Å². The van der Waals surface area contributed by atoms with Crippen LogP contribution in [-0.4, -0.2) is 25.5 Å². The average molecular weight is 565 g/mol. The van der Waals surface area contributed by atoms with Crippen LogP contribution in [0.5, 0.6) is 11.5 Å². The van der Waals surface area contributed by atoms with Gasteiger partial charge in [-0.3, -0.25) is 9.59 Å². The molecular weight excluding hydrogens is 548 g/mol. The lowest BCUT2D eigenvalue weighted by atomic mass is 10.1. The van der Waals surface area contributed by atoms with Gasteiger partial charge in [-0.25, -0.2) is 0 Å². The molecule has 2 N–H and O–H groups in total. The van der Waals surface area contributed by atoms with Crippen molar-refractivity contribution in [1.29, 1.82) is 5.26 Å². The topological polar surface area (TPSA) is 100 Å².